The van der Waals surface area contributed by atoms with Crippen molar-refractivity contribution in [1.82, 2.24) is 77.7 Å². The van der Waals surface area contributed by atoms with Crippen molar-refractivity contribution >= 4 is 45.5 Å². The molecule has 0 aliphatic rings. The molecule has 13 heterocycles. The minimum Gasteiger partial charge on any atom is -0.470 e. The Labute approximate surface area is 739 Å². The van der Waals surface area contributed by atoms with Crippen LogP contribution < -0.4 is 0 Å². The van der Waals surface area contributed by atoms with Crippen LogP contribution >= 0.6 is 45.5 Å². The molecule has 0 amide bonds. The van der Waals surface area contributed by atoms with E-state index in [0.717, 1.165) is 45.7 Å². The predicted octanol–water partition coefficient (Wildman–Crippen LogP) is 30.5. The molecule has 1 aromatic carbocycles. The van der Waals surface area contributed by atoms with Crippen LogP contribution in [0.5, 0.6) is 0 Å². The normalized spacial score (nSPS) is 7.79. The minimum absolute atomic E-state index is 0.718. The molecule has 118 heavy (non-hydrogen) atoms. The smallest absolute Gasteiger partial charge is 0.190 e. The SMILES string of the molecule is CC.CC.CC.CC.CC.CC.CC.CC.CC.CC.CC.CC.CC.Cc1ccccc1.Cc1cccn1C.Cc1ccco1.Cc1cccs1.Cc1ccnn1C.Cc1ccno1.Cc1ccns1.Cc1cnc(C)n1C.Cc1cncn1C.Cc1cnco1.Cc1cncs1.Cc1ncco1.Cc1nccs1.Cc1nnc(C)n1C. The van der Waals surface area contributed by atoms with E-state index in [1.165, 1.54) is 60.9 Å². The molecule has 676 valence electrons. The van der Waals surface area contributed by atoms with Crippen LogP contribution in [0, 0.1) is 111 Å². The standard InChI is InChI=1S/C7H8.C6H10N2.C6H9N.C5H9N3.2C5H8N2.C5H6O.C5H6S.3C4H5NO.3C4H5NS.13C2H6/c1-7-5-3-2-4-6-7;1-5-4-7-6(2)8(5)3;1-6-4-3-5-7(6)2;1-4-6-7-5(2)8(4)3;1-5-3-6-4-7(5)2;1-5-3-4-6-7(5)2;2*1-5-3-2-4-6-5;1-4-2-5-3-6-4;1-4-5-2-3-6-4;1-4-2-3-5-6-4;1-4-2-5-3-6-4;1-4-5-2-3-6-4;1-4-2-3-5-6-4;13*1-2/h2-6H,1H3;4H,1-3H3;3-5H,1-2H3;1-3H3;2*3-4H,1-2H3;2*2-4H,1H3;6*2-3H,1H3;13*1-2H3. The fourth-order valence-corrected chi connectivity index (χ4v) is 7.29. The van der Waals surface area contributed by atoms with E-state index in [0.29, 0.717) is 0 Å². The third-order valence-electron chi connectivity index (χ3n) is 11.7. The number of thiophene rings is 1. The molecule has 0 saturated heterocycles. The first-order valence-electron chi connectivity index (χ1n) is 41.8. The molecule has 0 unspecified atom stereocenters. The van der Waals surface area contributed by atoms with E-state index in [2.05, 4.69) is 125 Å². The zero-order valence-corrected chi connectivity index (χ0v) is 86.6. The molecule has 14 aromatic rings. The third-order valence-corrected chi connectivity index (χ3v) is 14.6. The second-order valence-electron chi connectivity index (χ2n) is 19.5. The number of rotatable bonds is 0. The highest BCUT2D eigenvalue weighted by Crippen LogP contribution is 2.05. The van der Waals surface area contributed by atoms with Gasteiger partial charge in [-0.05, 0) is 163 Å². The van der Waals surface area contributed by atoms with Crippen LogP contribution in [0.2, 0.25) is 0 Å². The van der Waals surface area contributed by atoms with Gasteiger partial charge in [-0.2, -0.15) is 5.10 Å². The van der Waals surface area contributed by atoms with Crippen LogP contribution in [0.15, 0.2) is 206 Å². The van der Waals surface area contributed by atoms with Gasteiger partial charge < -0.3 is 36.0 Å². The topological polar surface area (TPSA) is 219 Å². The number of nitrogens with zero attached hydrogens (tertiary/aromatic N) is 16. The Hall–Kier alpha value is -9.23. The summed E-state index contributed by atoms with van der Waals surface area (Å²) >= 11 is 6.64. The van der Waals surface area contributed by atoms with Gasteiger partial charge in [-0.3, -0.25) is 14.6 Å². The summed E-state index contributed by atoms with van der Waals surface area (Å²) in [6.07, 6.45) is 24.3. The number of hydrogen-bond acceptors (Lipinski definition) is 19. The number of aromatic nitrogens is 16. The van der Waals surface area contributed by atoms with Crippen molar-refractivity contribution in [3.05, 3.63) is 277 Å². The van der Waals surface area contributed by atoms with Crippen molar-refractivity contribution in [2.45, 2.75) is 291 Å². The van der Waals surface area contributed by atoms with Gasteiger partial charge in [0, 0.05) is 134 Å². The lowest BCUT2D eigenvalue weighted by Crippen LogP contribution is -1.92. The van der Waals surface area contributed by atoms with Crippen LogP contribution in [0.25, 0.3) is 0 Å². The molecule has 0 bridgehead atoms. The number of thiazole rings is 2. The highest BCUT2D eigenvalue weighted by molar-refractivity contribution is 7.10. The molecule has 20 nitrogen and oxygen atoms in total. The van der Waals surface area contributed by atoms with Gasteiger partial charge in [0.05, 0.1) is 41.7 Å². The van der Waals surface area contributed by atoms with E-state index in [-0.39, 0.29) is 0 Å². The molecule has 0 radical (unpaired) electrons. The maximum Gasteiger partial charge on any atom is 0.190 e. The van der Waals surface area contributed by atoms with E-state index < -0.39 is 0 Å². The first-order valence-corrected chi connectivity index (χ1v) is 45.2. The second kappa shape index (κ2) is 114. The molecule has 0 aliphatic carbocycles. The molecule has 13 aromatic heterocycles. The highest BCUT2D eigenvalue weighted by Gasteiger charge is 1.96. The molecule has 0 spiro atoms. The molecular weight excluding hydrogens is 1550 g/mol. The molecular formula is C94H172N16O4S4. The van der Waals surface area contributed by atoms with Gasteiger partial charge in [-0.1, -0.05) is 227 Å². The predicted molar refractivity (Wildman–Crippen MR) is 525 cm³/mol. The first-order chi connectivity index (χ1) is 56.9. The zero-order chi connectivity index (χ0) is 94.5. The van der Waals surface area contributed by atoms with Gasteiger partial charge in [0.1, 0.15) is 41.0 Å². The largest absolute Gasteiger partial charge is 0.470 e. The number of benzene rings is 1. The van der Waals surface area contributed by atoms with E-state index in [4.69, 9.17) is 13.3 Å². The second-order valence-corrected chi connectivity index (χ2v) is 23.9. The monoisotopic (exact) mass is 1720 g/mol. The molecule has 24 heteroatoms. The van der Waals surface area contributed by atoms with Gasteiger partial charge in [0.15, 0.2) is 12.3 Å². The average molecular weight is 1720 g/mol. The lowest BCUT2D eigenvalue weighted by Gasteiger charge is -1.93. The fourth-order valence-electron chi connectivity index (χ4n) is 5.50. The van der Waals surface area contributed by atoms with Gasteiger partial charge in [-0.25, -0.2) is 24.3 Å². The quantitative estimate of drug-likeness (QED) is 0.138. The summed E-state index contributed by atoms with van der Waals surface area (Å²) in [7, 11) is 9.90. The Bertz CT molecular complexity index is 3170. The van der Waals surface area contributed by atoms with Crippen molar-refractivity contribution in [3.8, 4) is 0 Å². The number of imidazole rings is 2. The molecule has 0 aliphatic heterocycles. The van der Waals surface area contributed by atoms with Gasteiger partial charge in [0.25, 0.3) is 0 Å². The summed E-state index contributed by atoms with van der Waals surface area (Å²) < 4.78 is 32.6. The van der Waals surface area contributed by atoms with E-state index in [1.54, 1.807) is 103 Å². The van der Waals surface area contributed by atoms with Crippen molar-refractivity contribution in [1.29, 1.82) is 0 Å². The van der Waals surface area contributed by atoms with Crippen LogP contribution in [0.3, 0.4) is 0 Å². The van der Waals surface area contributed by atoms with Crippen LogP contribution in [0.4, 0.5) is 0 Å². The average Bonchev–Trinajstić information content (AvgIpc) is 1.77. The minimum atomic E-state index is 0.718. The lowest BCUT2D eigenvalue weighted by atomic mass is 10.2. The van der Waals surface area contributed by atoms with E-state index in [1.807, 2.05) is 396 Å². The van der Waals surface area contributed by atoms with E-state index in [9.17, 15) is 0 Å². The Balaban J connectivity index is -0.0000000896. The Morgan fingerprint density at radius 1 is 0.339 bits per heavy atom. The Kier molecular flexibility index (Phi) is 133. The first kappa shape index (κ1) is 138. The summed E-state index contributed by atoms with van der Waals surface area (Å²) in [5.41, 5.74) is 8.06. The van der Waals surface area contributed by atoms with E-state index >= 15 is 0 Å². The maximum absolute atomic E-state index is 4.83. The van der Waals surface area contributed by atoms with Crippen molar-refractivity contribution in [3.63, 3.8) is 0 Å². The molecule has 14 rings (SSSR count). The molecule has 0 fully saturated rings. The molecule has 0 N–H and O–H groups in total. The Morgan fingerprint density at radius 3 is 1.03 bits per heavy atom. The summed E-state index contributed by atoms with van der Waals surface area (Å²) in [6, 6.07) is 28.1. The number of furan rings is 1. The zero-order valence-electron chi connectivity index (χ0n) is 83.3. The molecule has 0 saturated carbocycles. The molecule has 0 atom stereocenters. The highest BCUT2D eigenvalue weighted by atomic mass is 32.1. The van der Waals surface area contributed by atoms with Crippen molar-refractivity contribution in [2.24, 2.45) is 35.2 Å². The maximum atomic E-state index is 4.83. The summed E-state index contributed by atoms with van der Waals surface area (Å²) in [5.74, 6) is 6.39. The lowest BCUT2D eigenvalue weighted by molar-refractivity contribution is 0.397. The van der Waals surface area contributed by atoms with Crippen molar-refractivity contribution < 1.29 is 17.8 Å². The fraction of sp³-hybridized carbons (Fsp3) is 0.500. The van der Waals surface area contributed by atoms with Gasteiger partial charge in [0.2, 0.25) is 0 Å². The number of hydrogen-bond donors (Lipinski definition) is 0. The third kappa shape index (κ3) is 97.3. The van der Waals surface area contributed by atoms with Gasteiger partial charge >= 0.3 is 0 Å². The van der Waals surface area contributed by atoms with Crippen molar-refractivity contribution in [2.75, 3.05) is 0 Å². The summed E-state index contributed by atoms with van der Waals surface area (Å²) in [6.45, 7) is 83.7. The summed E-state index contributed by atoms with van der Waals surface area (Å²) in [5, 5.41) is 20.2. The van der Waals surface area contributed by atoms with Crippen LogP contribution in [0.1, 0.15) is 269 Å². The van der Waals surface area contributed by atoms with Crippen LogP contribution in [-0.4, -0.2) is 77.7 Å². The summed E-state index contributed by atoms with van der Waals surface area (Å²) in [4.78, 5) is 27.1. The number of oxazole rings is 2. The Morgan fingerprint density at radius 2 is 0.907 bits per heavy atom. The number of aryl methyl sites for hydroxylation is 19. The van der Waals surface area contributed by atoms with Gasteiger partial charge in [-0.15, -0.1) is 44.2 Å². The van der Waals surface area contributed by atoms with Crippen LogP contribution in [-0.2, 0) is 35.2 Å².